The molecule has 1 aliphatic rings. The normalized spacial score (nSPS) is 15.7. The van der Waals surface area contributed by atoms with Crippen LogP contribution in [0.4, 0.5) is 0 Å². The Labute approximate surface area is 130 Å². The van der Waals surface area contributed by atoms with E-state index in [2.05, 4.69) is 34.9 Å². The molecule has 1 aromatic heterocycles. The van der Waals surface area contributed by atoms with Gasteiger partial charge in [0.15, 0.2) is 0 Å². The van der Waals surface area contributed by atoms with Crippen LogP contribution in [0.5, 0.6) is 0 Å². The first-order valence-electron chi connectivity index (χ1n) is 7.12. The van der Waals surface area contributed by atoms with E-state index in [1.165, 1.54) is 18.4 Å². The number of rotatable bonds is 3. The number of halogens is 1. The highest BCUT2D eigenvalue weighted by Gasteiger charge is 2.30. The third kappa shape index (κ3) is 2.43. The average molecular weight is 300 g/mol. The average Bonchev–Trinajstić information content (AvgIpc) is 3.27. The van der Waals surface area contributed by atoms with Gasteiger partial charge in [-0.1, -0.05) is 42.5 Å². The van der Waals surface area contributed by atoms with Crippen molar-refractivity contribution in [3.63, 3.8) is 0 Å². The van der Waals surface area contributed by atoms with Crippen molar-refractivity contribution in [1.29, 1.82) is 0 Å². The minimum atomic E-state index is -0.163. The number of aromatic nitrogens is 2. The molecule has 0 aliphatic heterocycles. The molecule has 3 aromatic rings. The summed E-state index contributed by atoms with van der Waals surface area (Å²) in [6.45, 7) is 0. The maximum Gasteiger partial charge on any atom is 0.131 e. The third-order valence-electron chi connectivity index (χ3n) is 3.97. The van der Waals surface area contributed by atoms with Crippen LogP contribution in [-0.2, 0) is 0 Å². The molecule has 0 radical (unpaired) electrons. The number of para-hydroxylation sites is 2. The number of benzene rings is 2. The predicted octanol–water partition coefficient (Wildman–Crippen LogP) is 3.84. The van der Waals surface area contributed by atoms with Crippen molar-refractivity contribution < 1.29 is 0 Å². The fraction of sp³-hybridized carbons (Fsp3) is 0.235. The highest BCUT2D eigenvalue weighted by Crippen LogP contribution is 2.40. The largest absolute Gasteiger partial charge is 0.323 e. The summed E-state index contributed by atoms with van der Waals surface area (Å²) in [4.78, 5) is 4.79. The summed E-state index contributed by atoms with van der Waals surface area (Å²) in [7, 11) is 0. The third-order valence-corrected chi connectivity index (χ3v) is 3.97. The highest BCUT2D eigenvalue weighted by atomic mass is 35.5. The standard InChI is InChI=1S/C17H17N3.ClH/c18-16(12-6-2-1-3-7-12)17-19-14-8-4-5-9-15(14)20(17)13-10-11-13;/h1-9,13,16H,10-11,18H2;1H. The molecular weight excluding hydrogens is 282 g/mol. The lowest BCUT2D eigenvalue weighted by molar-refractivity contribution is 0.659. The van der Waals surface area contributed by atoms with Gasteiger partial charge in [0.05, 0.1) is 17.1 Å². The minimum Gasteiger partial charge on any atom is -0.323 e. The smallest absolute Gasteiger partial charge is 0.131 e. The van der Waals surface area contributed by atoms with Crippen LogP contribution in [0.25, 0.3) is 11.0 Å². The van der Waals surface area contributed by atoms with E-state index < -0.39 is 0 Å². The molecule has 1 aliphatic carbocycles. The Bertz CT molecular complexity index is 747. The summed E-state index contributed by atoms with van der Waals surface area (Å²) in [6, 6.07) is 18.9. The highest BCUT2D eigenvalue weighted by molar-refractivity contribution is 5.85. The van der Waals surface area contributed by atoms with Crippen LogP contribution >= 0.6 is 12.4 Å². The van der Waals surface area contributed by atoms with Gasteiger partial charge in [0, 0.05) is 6.04 Å². The molecule has 2 N–H and O–H groups in total. The fourth-order valence-corrected chi connectivity index (χ4v) is 2.81. The summed E-state index contributed by atoms with van der Waals surface area (Å²) in [5.74, 6) is 0.986. The summed E-state index contributed by atoms with van der Waals surface area (Å²) in [6.07, 6.45) is 2.46. The monoisotopic (exact) mass is 299 g/mol. The first kappa shape index (κ1) is 14.1. The van der Waals surface area contributed by atoms with E-state index in [0.29, 0.717) is 6.04 Å². The zero-order valence-electron chi connectivity index (χ0n) is 11.6. The van der Waals surface area contributed by atoms with Gasteiger partial charge >= 0.3 is 0 Å². The zero-order valence-corrected chi connectivity index (χ0v) is 12.5. The van der Waals surface area contributed by atoms with Gasteiger partial charge in [0.25, 0.3) is 0 Å². The van der Waals surface area contributed by atoms with E-state index in [1.807, 2.05) is 24.3 Å². The van der Waals surface area contributed by atoms with Crippen molar-refractivity contribution in [3.05, 3.63) is 66.0 Å². The molecule has 108 valence electrons. The molecule has 4 rings (SSSR count). The second-order valence-electron chi connectivity index (χ2n) is 5.45. The molecule has 1 saturated carbocycles. The van der Waals surface area contributed by atoms with E-state index >= 15 is 0 Å². The van der Waals surface area contributed by atoms with E-state index in [9.17, 15) is 0 Å². The van der Waals surface area contributed by atoms with Gasteiger partial charge in [-0.15, -0.1) is 12.4 Å². The number of imidazole rings is 1. The molecule has 1 atom stereocenters. The zero-order chi connectivity index (χ0) is 13.5. The quantitative estimate of drug-likeness (QED) is 0.798. The molecule has 0 bridgehead atoms. The lowest BCUT2D eigenvalue weighted by Crippen LogP contribution is -2.17. The molecule has 1 heterocycles. The number of nitrogens with two attached hydrogens (primary N) is 1. The maximum atomic E-state index is 6.46. The molecule has 0 amide bonds. The molecule has 2 aromatic carbocycles. The SMILES string of the molecule is Cl.NC(c1ccccc1)c1nc2ccccc2n1C1CC1. The molecule has 1 unspecified atom stereocenters. The summed E-state index contributed by atoms with van der Waals surface area (Å²) < 4.78 is 2.34. The number of hydrogen-bond acceptors (Lipinski definition) is 2. The van der Waals surface area contributed by atoms with E-state index in [-0.39, 0.29) is 18.4 Å². The van der Waals surface area contributed by atoms with Crippen LogP contribution in [0.2, 0.25) is 0 Å². The van der Waals surface area contributed by atoms with Crippen molar-refractivity contribution in [2.75, 3.05) is 0 Å². The topological polar surface area (TPSA) is 43.8 Å². The lowest BCUT2D eigenvalue weighted by Gasteiger charge is -2.14. The maximum absolute atomic E-state index is 6.46. The second-order valence-corrected chi connectivity index (χ2v) is 5.45. The Balaban J connectivity index is 0.00000132. The van der Waals surface area contributed by atoms with Crippen molar-refractivity contribution in [3.8, 4) is 0 Å². The predicted molar refractivity (Wildman–Crippen MR) is 87.7 cm³/mol. The lowest BCUT2D eigenvalue weighted by atomic mass is 10.1. The van der Waals surface area contributed by atoms with Crippen LogP contribution in [0, 0.1) is 0 Å². The minimum absolute atomic E-state index is 0. The van der Waals surface area contributed by atoms with Crippen molar-refractivity contribution >= 4 is 23.4 Å². The van der Waals surface area contributed by atoms with Gasteiger partial charge in [-0.3, -0.25) is 0 Å². The summed E-state index contributed by atoms with van der Waals surface area (Å²) >= 11 is 0. The van der Waals surface area contributed by atoms with Gasteiger partial charge in [-0.2, -0.15) is 0 Å². The van der Waals surface area contributed by atoms with Crippen LogP contribution in [0.15, 0.2) is 54.6 Å². The Morgan fingerprint density at radius 1 is 1.00 bits per heavy atom. The van der Waals surface area contributed by atoms with Gasteiger partial charge < -0.3 is 10.3 Å². The van der Waals surface area contributed by atoms with Gasteiger partial charge in [-0.05, 0) is 30.5 Å². The molecular formula is C17H18ClN3. The Hall–Kier alpha value is -1.84. The fourth-order valence-electron chi connectivity index (χ4n) is 2.81. The van der Waals surface area contributed by atoms with Crippen LogP contribution in [0.1, 0.15) is 36.3 Å². The van der Waals surface area contributed by atoms with E-state index in [0.717, 1.165) is 16.9 Å². The summed E-state index contributed by atoms with van der Waals surface area (Å²) in [5.41, 5.74) is 9.83. The van der Waals surface area contributed by atoms with Gasteiger partial charge in [0.1, 0.15) is 5.82 Å². The van der Waals surface area contributed by atoms with Gasteiger partial charge in [-0.25, -0.2) is 4.98 Å². The Kier molecular flexibility index (Phi) is 3.70. The van der Waals surface area contributed by atoms with Crippen molar-refractivity contribution in [2.24, 2.45) is 5.73 Å². The number of nitrogens with zero attached hydrogens (tertiary/aromatic N) is 2. The molecule has 1 fully saturated rings. The van der Waals surface area contributed by atoms with Crippen molar-refractivity contribution in [1.82, 2.24) is 9.55 Å². The second kappa shape index (κ2) is 5.51. The van der Waals surface area contributed by atoms with Crippen molar-refractivity contribution in [2.45, 2.75) is 24.9 Å². The van der Waals surface area contributed by atoms with Crippen LogP contribution in [-0.4, -0.2) is 9.55 Å². The van der Waals surface area contributed by atoms with Crippen LogP contribution < -0.4 is 5.73 Å². The molecule has 3 nitrogen and oxygen atoms in total. The first-order valence-corrected chi connectivity index (χ1v) is 7.12. The first-order chi connectivity index (χ1) is 9.84. The number of fused-ring (bicyclic) bond motifs is 1. The van der Waals surface area contributed by atoms with E-state index in [4.69, 9.17) is 10.7 Å². The Morgan fingerprint density at radius 3 is 2.38 bits per heavy atom. The molecule has 4 heteroatoms. The van der Waals surface area contributed by atoms with E-state index in [1.54, 1.807) is 0 Å². The molecule has 21 heavy (non-hydrogen) atoms. The number of hydrogen-bond donors (Lipinski definition) is 1. The molecule has 0 spiro atoms. The summed E-state index contributed by atoms with van der Waals surface area (Å²) in [5, 5.41) is 0. The Morgan fingerprint density at radius 2 is 1.67 bits per heavy atom. The van der Waals surface area contributed by atoms with Gasteiger partial charge in [0.2, 0.25) is 0 Å². The molecule has 0 saturated heterocycles. The van der Waals surface area contributed by atoms with Crippen LogP contribution in [0.3, 0.4) is 0 Å².